The number of allylic oxidation sites excluding steroid dienone is 1. The summed E-state index contributed by atoms with van der Waals surface area (Å²) in [5.74, 6) is 0.455. The molecule has 0 aliphatic rings. The minimum atomic E-state index is -0.984. The van der Waals surface area contributed by atoms with Crippen LogP contribution in [0.4, 0.5) is 0 Å². The average Bonchev–Trinajstić information content (AvgIpc) is 2.45. The molecule has 0 fully saturated rings. The molecule has 0 saturated carbocycles. The van der Waals surface area contributed by atoms with E-state index in [1.54, 1.807) is 0 Å². The van der Waals surface area contributed by atoms with Gasteiger partial charge in [-0.2, -0.15) is 0 Å². The Kier molecular flexibility index (Phi) is 5.06. The van der Waals surface area contributed by atoms with Crippen LogP contribution in [-0.2, 0) is 17.6 Å². The first-order valence-corrected chi connectivity index (χ1v) is 7.20. The van der Waals surface area contributed by atoms with Gasteiger partial charge >= 0.3 is 0 Å². The molecule has 0 heterocycles. The van der Waals surface area contributed by atoms with Crippen molar-refractivity contribution in [1.29, 1.82) is 0 Å². The second-order valence-electron chi connectivity index (χ2n) is 3.90. The van der Waals surface area contributed by atoms with Crippen molar-refractivity contribution < 1.29 is 4.55 Å². The number of hydrogen-bond acceptors (Lipinski definition) is 1. The SMILES string of the molecule is [O-][S+](C/[C]=C\Cc1ccccc1)c1ccccc1. The summed E-state index contributed by atoms with van der Waals surface area (Å²) >= 11 is -0.984. The van der Waals surface area contributed by atoms with Gasteiger partial charge in [0.05, 0.1) is 0 Å². The fourth-order valence-electron chi connectivity index (χ4n) is 1.59. The third-order valence-electron chi connectivity index (χ3n) is 2.55. The van der Waals surface area contributed by atoms with Crippen LogP contribution < -0.4 is 0 Å². The number of hydrogen-bond donors (Lipinski definition) is 0. The van der Waals surface area contributed by atoms with E-state index in [4.69, 9.17) is 0 Å². The van der Waals surface area contributed by atoms with E-state index in [2.05, 4.69) is 18.2 Å². The van der Waals surface area contributed by atoms with Crippen LogP contribution in [0.1, 0.15) is 5.56 Å². The Bertz CT molecular complexity index is 479. The van der Waals surface area contributed by atoms with E-state index in [1.165, 1.54) is 5.56 Å². The largest absolute Gasteiger partial charge is 0.611 e. The van der Waals surface area contributed by atoms with E-state index < -0.39 is 11.2 Å². The van der Waals surface area contributed by atoms with Gasteiger partial charge in [-0.3, -0.25) is 0 Å². The van der Waals surface area contributed by atoms with Gasteiger partial charge in [-0.15, -0.1) is 0 Å². The molecule has 18 heavy (non-hydrogen) atoms. The van der Waals surface area contributed by atoms with Gasteiger partial charge in [0.15, 0.2) is 4.90 Å². The summed E-state index contributed by atoms with van der Waals surface area (Å²) in [6.07, 6.45) is 5.90. The molecule has 0 N–H and O–H groups in total. The predicted molar refractivity (Wildman–Crippen MR) is 75.7 cm³/mol. The van der Waals surface area contributed by atoms with E-state index in [0.29, 0.717) is 5.75 Å². The second-order valence-corrected chi connectivity index (χ2v) is 5.35. The molecule has 0 aromatic heterocycles. The first-order chi connectivity index (χ1) is 8.86. The van der Waals surface area contributed by atoms with Gasteiger partial charge in [0.2, 0.25) is 0 Å². The highest BCUT2D eigenvalue weighted by atomic mass is 32.2. The van der Waals surface area contributed by atoms with Crippen LogP contribution in [-0.4, -0.2) is 10.3 Å². The second kappa shape index (κ2) is 7.04. The first kappa shape index (κ1) is 12.9. The molecule has 0 amide bonds. The number of rotatable bonds is 5. The van der Waals surface area contributed by atoms with Crippen LogP contribution in [0, 0.1) is 6.08 Å². The molecule has 2 aromatic carbocycles. The zero-order chi connectivity index (χ0) is 12.6. The maximum absolute atomic E-state index is 11.9. The molecule has 1 nitrogen and oxygen atoms in total. The standard InChI is InChI=1S/C16H15OS/c17-18(16-12-5-2-6-13-16)14-8-7-11-15-9-3-1-4-10-15/h1-7,9-10,12-13H,11,14H2. The maximum atomic E-state index is 11.9. The monoisotopic (exact) mass is 255 g/mol. The lowest BCUT2D eigenvalue weighted by atomic mass is 10.1. The van der Waals surface area contributed by atoms with Crippen molar-refractivity contribution in [3.05, 3.63) is 78.4 Å². The molecule has 2 heteroatoms. The minimum absolute atomic E-state index is 0.455. The van der Waals surface area contributed by atoms with Crippen LogP contribution in [0.5, 0.6) is 0 Å². The minimum Gasteiger partial charge on any atom is -0.611 e. The van der Waals surface area contributed by atoms with Crippen molar-refractivity contribution in [1.82, 2.24) is 0 Å². The fourth-order valence-corrected chi connectivity index (χ4v) is 2.49. The van der Waals surface area contributed by atoms with Gasteiger partial charge < -0.3 is 4.55 Å². The van der Waals surface area contributed by atoms with Crippen LogP contribution in [0.2, 0.25) is 0 Å². The van der Waals surface area contributed by atoms with Crippen molar-refractivity contribution in [2.75, 3.05) is 5.75 Å². The summed E-state index contributed by atoms with van der Waals surface area (Å²) in [6, 6.07) is 19.7. The van der Waals surface area contributed by atoms with E-state index in [1.807, 2.05) is 54.6 Å². The lowest BCUT2D eigenvalue weighted by Gasteiger charge is -2.06. The van der Waals surface area contributed by atoms with Gasteiger partial charge in [-0.05, 0) is 35.3 Å². The molecule has 2 rings (SSSR count). The lowest BCUT2D eigenvalue weighted by molar-refractivity contribution is 0.597. The molecule has 2 aromatic rings. The molecule has 0 aliphatic carbocycles. The molecule has 1 atom stereocenters. The topological polar surface area (TPSA) is 23.1 Å². The first-order valence-electron chi connectivity index (χ1n) is 5.88. The Balaban J connectivity index is 1.81. The van der Waals surface area contributed by atoms with Gasteiger partial charge in [0.1, 0.15) is 5.75 Å². The molecule has 1 radical (unpaired) electrons. The molecule has 0 aliphatic heterocycles. The molecule has 0 saturated heterocycles. The van der Waals surface area contributed by atoms with Crippen molar-refractivity contribution >= 4 is 11.2 Å². The van der Waals surface area contributed by atoms with Crippen molar-refractivity contribution in [3.8, 4) is 0 Å². The Labute approximate surface area is 111 Å². The van der Waals surface area contributed by atoms with Crippen molar-refractivity contribution in [2.24, 2.45) is 0 Å². The summed E-state index contributed by atoms with van der Waals surface area (Å²) < 4.78 is 11.9. The fraction of sp³-hybridized carbons (Fsp3) is 0.125. The Morgan fingerprint density at radius 2 is 1.56 bits per heavy atom. The Morgan fingerprint density at radius 3 is 2.22 bits per heavy atom. The molecule has 0 spiro atoms. The summed E-state index contributed by atoms with van der Waals surface area (Å²) in [6.45, 7) is 0. The smallest absolute Gasteiger partial charge is 0.153 e. The van der Waals surface area contributed by atoms with Crippen molar-refractivity contribution in [3.63, 3.8) is 0 Å². The van der Waals surface area contributed by atoms with Crippen molar-refractivity contribution in [2.45, 2.75) is 11.3 Å². The summed E-state index contributed by atoms with van der Waals surface area (Å²) in [4.78, 5) is 0.859. The predicted octanol–water partition coefficient (Wildman–Crippen LogP) is 3.40. The lowest BCUT2D eigenvalue weighted by Crippen LogP contribution is -2.04. The quantitative estimate of drug-likeness (QED) is 0.751. The molecule has 91 valence electrons. The summed E-state index contributed by atoms with van der Waals surface area (Å²) in [5, 5.41) is 0. The van der Waals surface area contributed by atoms with E-state index in [0.717, 1.165) is 11.3 Å². The highest BCUT2D eigenvalue weighted by Crippen LogP contribution is 2.10. The maximum Gasteiger partial charge on any atom is 0.153 e. The van der Waals surface area contributed by atoms with Crippen LogP contribution in [0.3, 0.4) is 0 Å². The molecule has 0 bridgehead atoms. The molecular formula is C16H15OS. The highest BCUT2D eigenvalue weighted by Gasteiger charge is 2.06. The van der Waals surface area contributed by atoms with Gasteiger partial charge in [-0.1, -0.05) is 54.6 Å². The Hall–Kier alpha value is -1.51. The Morgan fingerprint density at radius 1 is 0.944 bits per heavy atom. The van der Waals surface area contributed by atoms with Gasteiger partial charge in [0.25, 0.3) is 0 Å². The van der Waals surface area contributed by atoms with Crippen LogP contribution >= 0.6 is 0 Å². The van der Waals surface area contributed by atoms with E-state index >= 15 is 0 Å². The zero-order valence-corrected chi connectivity index (χ0v) is 10.9. The highest BCUT2D eigenvalue weighted by molar-refractivity contribution is 7.91. The van der Waals surface area contributed by atoms with E-state index in [-0.39, 0.29) is 0 Å². The third-order valence-corrected chi connectivity index (χ3v) is 3.77. The van der Waals surface area contributed by atoms with Gasteiger partial charge in [-0.25, -0.2) is 0 Å². The van der Waals surface area contributed by atoms with Gasteiger partial charge in [0, 0.05) is 6.08 Å². The van der Waals surface area contributed by atoms with Crippen LogP contribution in [0.25, 0.3) is 0 Å². The summed E-state index contributed by atoms with van der Waals surface area (Å²) in [7, 11) is 0. The molecule has 1 unspecified atom stereocenters. The third kappa shape index (κ3) is 4.06. The average molecular weight is 255 g/mol. The number of benzene rings is 2. The van der Waals surface area contributed by atoms with E-state index in [9.17, 15) is 4.55 Å². The summed E-state index contributed by atoms with van der Waals surface area (Å²) in [5.41, 5.74) is 1.25. The van der Waals surface area contributed by atoms with Crippen LogP contribution in [0.15, 0.2) is 71.6 Å². The normalized spacial score (nSPS) is 12.7. The zero-order valence-electron chi connectivity index (χ0n) is 10.1. The molecular weight excluding hydrogens is 240 g/mol.